The van der Waals surface area contributed by atoms with Crippen molar-refractivity contribution in [1.82, 2.24) is 4.90 Å². The normalized spacial score (nSPS) is 18.7. The van der Waals surface area contributed by atoms with Gasteiger partial charge in [-0.3, -0.25) is 4.79 Å². The molecule has 3 N–H and O–H groups in total. The maximum atomic E-state index is 12.2. The minimum absolute atomic E-state index is 0.0836. The Labute approximate surface area is 111 Å². The summed E-state index contributed by atoms with van der Waals surface area (Å²) in [5.41, 5.74) is 5.21. The smallest absolute Gasteiger partial charge is 0.255 e. The predicted octanol–water partition coefficient (Wildman–Crippen LogP) is 1.27. The lowest BCUT2D eigenvalue weighted by atomic mass is 9.91. The first-order valence-corrected chi connectivity index (χ1v) is 6.40. The van der Waals surface area contributed by atoms with Gasteiger partial charge in [-0.2, -0.15) is 0 Å². The SMILES string of the molecule is NCC1(O)CCN(C(=O)c2ccccc2Cl)CC1. The fraction of sp³-hybridized carbons (Fsp3) is 0.462. The molecule has 0 spiro atoms. The lowest BCUT2D eigenvalue weighted by molar-refractivity contribution is -0.00950. The summed E-state index contributed by atoms with van der Waals surface area (Å²) in [5, 5.41) is 10.5. The van der Waals surface area contributed by atoms with Crippen LogP contribution in [0.4, 0.5) is 0 Å². The Morgan fingerprint density at radius 2 is 2.00 bits per heavy atom. The van der Waals surface area contributed by atoms with E-state index in [1.165, 1.54) is 0 Å². The van der Waals surface area contributed by atoms with Crippen LogP contribution in [0, 0.1) is 0 Å². The number of hydrogen-bond donors (Lipinski definition) is 2. The molecule has 0 atom stereocenters. The zero-order valence-electron chi connectivity index (χ0n) is 10.1. The number of piperidine rings is 1. The van der Waals surface area contributed by atoms with Crippen LogP contribution in [0.1, 0.15) is 23.2 Å². The highest BCUT2D eigenvalue weighted by molar-refractivity contribution is 6.33. The molecule has 1 aromatic rings. The second-order valence-corrected chi connectivity index (χ2v) is 5.11. The first-order valence-electron chi connectivity index (χ1n) is 6.02. The second kappa shape index (κ2) is 5.26. The van der Waals surface area contributed by atoms with Crippen molar-refractivity contribution in [1.29, 1.82) is 0 Å². The number of aliphatic hydroxyl groups is 1. The summed E-state index contributed by atoms with van der Waals surface area (Å²) in [5.74, 6) is -0.0836. The molecular formula is C13H17ClN2O2. The van der Waals surface area contributed by atoms with Crippen LogP contribution >= 0.6 is 11.6 Å². The maximum absolute atomic E-state index is 12.2. The van der Waals surface area contributed by atoms with Gasteiger partial charge >= 0.3 is 0 Å². The molecule has 98 valence electrons. The second-order valence-electron chi connectivity index (χ2n) is 4.70. The van der Waals surface area contributed by atoms with Gasteiger partial charge in [0, 0.05) is 19.6 Å². The highest BCUT2D eigenvalue weighted by Gasteiger charge is 2.33. The Morgan fingerprint density at radius 1 is 1.39 bits per heavy atom. The molecule has 0 bridgehead atoms. The standard InChI is InChI=1S/C13H17ClN2O2/c14-11-4-2-1-3-10(11)12(17)16-7-5-13(18,9-15)6-8-16/h1-4,18H,5-9,15H2. The van der Waals surface area contributed by atoms with Crippen molar-refractivity contribution >= 4 is 17.5 Å². The van der Waals surface area contributed by atoms with E-state index in [9.17, 15) is 9.90 Å². The van der Waals surface area contributed by atoms with Crippen LogP contribution in [0.2, 0.25) is 5.02 Å². The van der Waals surface area contributed by atoms with E-state index < -0.39 is 5.60 Å². The van der Waals surface area contributed by atoms with Gasteiger partial charge < -0.3 is 15.7 Å². The Kier molecular flexibility index (Phi) is 3.90. The van der Waals surface area contributed by atoms with E-state index in [2.05, 4.69) is 0 Å². The quantitative estimate of drug-likeness (QED) is 0.849. The van der Waals surface area contributed by atoms with Crippen LogP contribution in [0.3, 0.4) is 0 Å². The number of nitrogens with zero attached hydrogens (tertiary/aromatic N) is 1. The van der Waals surface area contributed by atoms with E-state index in [1.54, 1.807) is 29.2 Å². The third-order valence-corrected chi connectivity index (χ3v) is 3.80. The summed E-state index contributed by atoms with van der Waals surface area (Å²) >= 11 is 6.00. The number of rotatable bonds is 2. The minimum atomic E-state index is -0.822. The van der Waals surface area contributed by atoms with Gasteiger partial charge in [-0.1, -0.05) is 23.7 Å². The molecule has 0 radical (unpaired) electrons. The lowest BCUT2D eigenvalue weighted by Gasteiger charge is -2.37. The number of carbonyl (C=O) groups is 1. The summed E-state index contributed by atoms with van der Waals surface area (Å²) in [4.78, 5) is 14.0. The van der Waals surface area contributed by atoms with Gasteiger partial charge in [0.25, 0.3) is 5.91 Å². The van der Waals surface area contributed by atoms with E-state index in [-0.39, 0.29) is 12.5 Å². The fourth-order valence-electron chi connectivity index (χ4n) is 2.14. The van der Waals surface area contributed by atoms with Crippen molar-refractivity contribution in [3.63, 3.8) is 0 Å². The molecule has 1 aliphatic rings. The summed E-state index contributed by atoms with van der Waals surface area (Å²) in [6, 6.07) is 7.01. The largest absolute Gasteiger partial charge is 0.388 e. The van der Waals surface area contributed by atoms with E-state index >= 15 is 0 Å². The third kappa shape index (κ3) is 2.66. The van der Waals surface area contributed by atoms with Crippen LogP contribution in [-0.2, 0) is 0 Å². The van der Waals surface area contributed by atoms with Crippen LogP contribution < -0.4 is 5.73 Å². The Hall–Kier alpha value is -1.10. The van der Waals surface area contributed by atoms with E-state index in [0.29, 0.717) is 36.5 Å². The molecule has 1 fully saturated rings. The number of likely N-dealkylation sites (tertiary alicyclic amines) is 1. The number of hydrogen-bond acceptors (Lipinski definition) is 3. The zero-order valence-corrected chi connectivity index (χ0v) is 10.9. The molecule has 5 heteroatoms. The van der Waals surface area contributed by atoms with Crippen LogP contribution in [0.15, 0.2) is 24.3 Å². The molecule has 0 aromatic heterocycles. The van der Waals surface area contributed by atoms with Crippen molar-refractivity contribution in [2.45, 2.75) is 18.4 Å². The fourth-order valence-corrected chi connectivity index (χ4v) is 2.35. The molecule has 1 aromatic carbocycles. The number of amides is 1. The highest BCUT2D eigenvalue weighted by Crippen LogP contribution is 2.24. The summed E-state index contributed by atoms with van der Waals surface area (Å²) in [6.45, 7) is 1.26. The molecule has 0 unspecified atom stereocenters. The minimum Gasteiger partial charge on any atom is -0.388 e. The van der Waals surface area contributed by atoms with Gasteiger partial charge in [0.2, 0.25) is 0 Å². The van der Waals surface area contributed by atoms with E-state index in [4.69, 9.17) is 17.3 Å². The van der Waals surface area contributed by atoms with Crippen LogP contribution in [0.25, 0.3) is 0 Å². The van der Waals surface area contributed by atoms with Crippen molar-refractivity contribution in [2.24, 2.45) is 5.73 Å². The monoisotopic (exact) mass is 268 g/mol. The van der Waals surface area contributed by atoms with Crippen LogP contribution in [-0.4, -0.2) is 41.1 Å². The van der Waals surface area contributed by atoms with Gasteiger partial charge in [0.15, 0.2) is 0 Å². The first-order chi connectivity index (χ1) is 8.56. The molecule has 1 heterocycles. The molecule has 1 saturated heterocycles. The van der Waals surface area contributed by atoms with Gasteiger partial charge in [0.1, 0.15) is 0 Å². The zero-order chi connectivity index (χ0) is 13.2. The topological polar surface area (TPSA) is 66.6 Å². The van der Waals surface area contributed by atoms with Crippen molar-refractivity contribution in [3.8, 4) is 0 Å². The molecule has 4 nitrogen and oxygen atoms in total. The summed E-state index contributed by atoms with van der Waals surface area (Å²) in [6.07, 6.45) is 1.03. The molecule has 0 aliphatic carbocycles. The van der Waals surface area contributed by atoms with Gasteiger partial charge in [-0.25, -0.2) is 0 Å². The number of carbonyl (C=O) groups excluding carboxylic acids is 1. The number of halogens is 1. The molecule has 0 saturated carbocycles. The lowest BCUT2D eigenvalue weighted by Crippen LogP contribution is -2.50. The highest BCUT2D eigenvalue weighted by atomic mass is 35.5. The van der Waals surface area contributed by atoms with Crippen LogP contribution in [0.5, 0.6) is 0 Å². The van der Waals surface area contributed by atoms with E-state index in [0.717, 1.165) is 0 Å². The summed E-state index contributed by atoms with van der Waals surface area (Å²) < 4.78 is 0. The predicted molar refractivity (Wildman–Crippen MR) is 70.6 cm³/mol. The number of nitrogens with two attached hydrogens (primary N) is 1. The Morgan fingerprint density at radius 3 is 2.56 bits per heavy atom. The molecule has 2 rings (SSSR count). The maximum Gasteiger partial charge on any atom is 0.255 e. The summed E-state index contributed by atoms with van der Waals surface area (Å²) in [7, 11) is 0. The van der Waals surface area contributed by atoms with Gasteiger partial charge in [-0.15, -0.1) is 0 Å². The van der Waals surface area contributed by atoms with Gasteiger partial charge in [-0.05, 0) is 25.0 Å². The van der Waals surface area contributed by atoms with Crippen molar-refractivity contribution in [2.75, 3.05) is 19.6 Å². The third-order valence-electron chi connectivity index (χ3n) is 3.47. The van der Waals surface area contributed by atoms with Gasteiger partial charge in [0.05, 0.1) is 16.2 Å². The average molecular weight is 269 g/mol. The molecule has 18 heavy (non-hydrogen) atoms. The average Bonchev–Trinajstić information content (AvgIpc) is 2.39. The molecule has 1 aliphatic heterocycles. The molecular weight excluding hydrogens is 252 g/mol. The van der Waals surface area contributed by atoms with Crippen molar-refractivity contribution in [3.05, 3.63) is 34.9 Å². The first kappa shape index (κ1) is 13.3. The Balaban J connectivity index is 2.07. The molecule has 1 amide bonds. The Bertz CT molecular complexity index is 442. The van der Waals surface area contributed by atoms with E-state index in [1.807, 2.05) is 0 Å². The number of benzene rings is 1. The van der Waals surface area contributed by atoms with Crippen molar-refractivity contribution < 1.29 is 9.90 Å².